The van der Waals surface area contributed by atoms with Gasteiger partial charge in [0.25, 0.3) is 0 Å². The SMILES string of the molecule is Cc1ccnc(N(C)CC(C)C(N)=NO)c1. The van der Waals surface area contributed by atoms with Crippen molar-refractivity contribution in [3.05, 3.63) is 23.9 Å². The summed E-state index contributed by atoms with van der Waals surface area (Å²) in [6.45, 7) is 4.58. The number of hydrogen-bond donors (Lipinski definition) is 2. The van der Waals surface area contributed by atoms with Gasteiger partial charge in [-0.15, -0.1) is 0 Å². The van der Waals surface area contributed by atoms with Gasteiger partial charge < -0.3 is 15.8 Å². The molecule has 0 saturated heterocycles. The molecule has 1 atom stereocenters. The lowest BCUT2D eigenvalue weighted by Crippen LogP contribution is -2.33. The molecule has 1 aromatic heterocycles. The van der Waals surface area contributed by atoms with Crippen molar-refractivity contribution in [1.82, 2.24) is 4.98 Å². The normalized spacial score (nSPS) is 13.6. The summed E-state index contributed by atoms with van der Waals surface area (Å²) in [4.78, 5) is 6.24. The van der Waals surface area contributed by atoms with Crippen LogP contribution in [0.4, 0.5) is 5.82 Å². The Morgan fingerprint density at radius 3 is 2.94 bits per heavy atom. The van der Waals surface area contributed by atoms with E-state index < -0.39 is 0 Å². The zero-order valence-corrected chi connectivity index (χ0v) is 9.88. The van der Waals surface area contributed by atoms with Crippen LogP contribution in [0.2, 0.25) is 0 Å². The fraction of sp³-hybridized carbons (Fsp3) is 0.455. The van der Waals surface area contributed by atoms with Crippen molar-refractivity contribution in [3.8, 4) is 0 Å². The highest BCUT2D eigenvalue weighted by atomic mass is 16.4. The highest BCUT2D eigenvalue weighted by Gasteiger charge is 2.11. The minimum Gasteiger partial charge on any atom is -0.409 e. The van der Waals surface area contributed by atoms with E-state index in [1.54, 1.807) is 6.20 Å². The first-order chi connectivity index (χ1) is 7.54. The predicted octanol–water partition coefficient (Wildman–Crippen LogP) is 1.21. The monoisotopic (exact) mass is 222 g/mol. The Morgan fingerprint density at radius 1 is 1.69 bits per heavy atom. The summed E-state index contributed by atoms with van der Waals surface area (Å²) in [5, 5.41) is 11.6. The van der Waals surface area contributed by atoms with Gasteiger partial charge in [-0.05, 0) is 24.6 Å². The molecule has 5 heteroatoms. The Balaban J connectivity index is 2.69. The van der Waals surface area contributed by atoms with Crippen molar-refractivity contribution in [1.29, 1.82) is 0 Å². The van der Waals surface area contributed by atoms with Crippen LogP contribution < -0.4 is 10.6 Å². The molecule has 5 nitrogen and oxygen atoms in total. The summed E-state index contributed by atoms with van der Waals surface area (Å²) < 4.78 is 0. The molecule has 0 saturated carbocycles. The highest BCUT2D eigenvalue weighted by molar-refractivity contribution is 5.82. The first kappa shape index (κ1) is 12.3. The molecule has 0 radical (unpaired) electrons. The van der Waals surface area contributed by atoms with Gasteiger partial charge in [-0.2, -0.15) is 0 Å². The number of amidine groups is 1. The molecule has 0 aromatic carbocycles. The number of rotatable bonds is 4. The van der Waals surface area contributed by atoms with E-state index in [1.807, 2.05) is 37.9 Å². The Bertz CT molecular complexity index is 378. The molecule has 1 rings (SSSR count). The fourth-order valence-electron chi connectivity index (χ4n) is 1.43. The zero-order chi connectivity index (χ0) is 12.1. The molecular formula is C11H18N4O. The van der Waals surface area contributed by atoms with Crippen LogP contribution in [0.5, 0.6) is 0 Å². The third-order valence-corrected chi connectivity index (χ3v) is 2.46. The average Bonchev–Trinajstić information content (AvgIpc) is 2.27. The van der Waals surface area contributed by atoms with Gasteiger partial charge in [0.15, 0.2) is 0 Å². The second-order valence-corrected chi connectivity index (χ2v) is 4.00. The standard InChI is InChI=1S/C11H18N4O/c1-8-4-5-13-10(6-8)15(3)7-9(2)11(12)14-16/h4-6,9,16H,7H2,1-3H3,(H2,12,14). The lowest BCUT2D eigenvalue weighted by molar-refractivity contribution is 0.314. The van der Waals surface area contributed by atoms with Crippen LogP contribution >= 0.6 is 0 Å². The Morgan fingerprint density at radius 2 is 2.38 bits per heavy atom. The van der Waals surface area contributed by atoms with Crippen LogP contribution in [0.25, 0.3) is 0 Å². The van der Waals surface area contributed by atoms with Gasteiger partial charge in [0.2, 0.25) is 0 Å². The molecule has 1 aromatic rings. The maximum absolute atomic E-state index is 8.56. The first-order valence-electron chi connectivity index (χ1n) is 5.15. The minimum atomic E-state index is -0.0164. The lowest BCUT2D eigenvalue weighted by atomic mass is 10.1. The number of hydrogen-bond acceptors (Lipinski definition) is 4. The third kappa shape index (κ3) is 3.12. The topological polar surface area (TPSA) is 74.7 Å². The van der Waals surface area contributed by atoms with E-state index in [0.717, 1.165) is 11.4 Å². The van der Waals surface area contributed by atoms with Gasteiger partial charge in [0.05, 0.1) is 0 Å². The zero-order valence-electron chi connectivity index (χ0n) is 9.88. The predicted molar refractivity (Wildman–Crippen MR) is 64.8 cm³/mol. The van der Waals surface area contributed by atoms with Crippen LogP contribution in [0.1, 0.15) is 12.5 Å². The average molecular weight is 222 g/mol. The molecule has 3 N–H and O–H groups in total. The van der Waals surface area contributed by atoms with Crippen LogP contribution in [0.3, 0.4) is 0 Å². The van der Waals surface area contributed by atoms with E-state index in [4.69, 9.17) is 10.9 Å². The quantitative estimate of drug-likeness (QED) is 0.347. The maximum Gasteiger partial charge on any atom is 0.143 e. The van der Waals surface area contributed by atoms with Crippen molar-refractivity contribution in [3.63, 3.8) is 0 Å². The number of aromatic nitrogens is 1. The Hall–Kier alpha value is -1.78. The van der Waals surface area contributed by atoms with E-state index in [-0.39, 0.29) is 11.8 Å². The molecule has 0 spiro atoms. The number of anilines is 1. The third-order valence-electron chi connectivity index (χ3n) is 2.46. The molecule has 88 valence electrons. The minimum absolute atomic E-state index is 0.0164. The molecule has 0 aliphatic heterocycles. The molecule has 0 aliphatic rings. The summed E-state index contributed by atoms with van der Waals surface area (Å²) in [7, 11) is 1.93. The van der Waals surface area contributed by atoms with Gasteiger partial charge in [0, 0.05) is 25.7 Å². The van der Waals surface area contributed by atoms with Crippen molar-refractivity contribution in [2.24, 2.45) is 16.8 Å². The van der Waals surface area contributed by atoms with E-state index in [0.29, 0.717) is 6.54 Å². The number of nitrogens with zero attached hydrogens (tertiary/aromatic N) is 3. The Labute approximate surface area is 95.6 Å². The summed E-state index contributed by atoms with van der Waals surface area (Å²) in [6.07, 6.45) is 1.77. The number of oxime groups is 1. The van der Waals surface area contributed by atoms with Gasteiger partial charge in [0.1, 0.15) is 11.7 Å². The van der Waals surface area contributed by atoms with Gasteiger partial charge in [-0.1, -0.05) is 12.1 Å². The largest absolute Gasteiger partial charge is 0.409 e. The smallest absolute Gasteiger partial charge is 0.143 e. The van der Waals surface area contributed by atoms with E-state index in [2.05, 4.69) is 10.1 Å². The van der Waals surface area contributed by atoms with Crippen LogP contribution in [0, 0.1) is 12.8 Å². The molecule has 1 heterocycles. The van der Waals surface area contributed by atoms with E-state index in [1.165, 1.54) is 0 Å². The van der Waals surface area contributed by atoms with Gasteiger partial charge >= 0.3 is 0 Å². The van der Waals surface area contributed by atoms with Crippen molar-refractivity contribution < 1.29 is 5.21 Å². The molecule has 0 aliphatic carbocycles. The summed E-state index contributed by atoms with van der Waals surface area (Å²) in [6, 6.07) is 3.95. The van der Waals surface area contributed by atoms with E-state index in [9.17, 15) is 0 Å². The number of pyridine rings is 1. The fourth-order valence-corrected chi connectivity index (χ4v) is 1.43. The molecule has 0 bridgehead atoms. The summed E-state index contributed by atoms with van der Waals surface area (Å²) in [5.74, 6) is 1.11. The highest BCUT2D eigenvalue weighted by Crippen LogP contribution is 2.12. The van der Waals surface area contributed by atoms with Gasteiger partial charge in [-0.3, -0.25) is 0 Å². The molecule has 16 heavy (non-hydrogen) atoms. The molecule has 0 fully saturated rings. The first-order valence-corrected chi connectivity index (χ1v) is 5.15. The lowest BCUT2D eigenvalue weighted by Gasteiger charge is -2.21. The van der Waals surface area contributed by atoms with Crippen LogP contribution in [-0.4, -0.2) is 29.6 Å². The number of aryl methyl sites for hydroxylation is 1. The van der Waals surface area contributed by atoms with Crippen LogP contribution in [0.15, 0.2) is 23.5 Å². The maximum atomic E-state index is 8.56. The second kappa shape index (κ2) is 5.34. The summed E-state index contributed by atoms with van der Waals surface area (Å²) in [5.41, 5.74) is 6.69. The van der Waals surface area contributed by atoms with Crippen molar-refractivity contribution in [2.45, 2.75) is 13.8 Å². The Kier molecular flexibility index (Phi) is 4.10. The summed E-state index contributed by atoms with van der Waals surface area (Å²) >= 11 is 0. The second-order valence-electron chi connectivity index (χ2n) is 4.00. The van der Waals surface area contributed by atoms with Crippen molar-refractivity contribution in [2.75, 3.05) is 18.5 Å². The molecule has 0 amide bonds. The molecule has 1 unspecified atom stereocenters. The van der Waals surface area contributed by atoms with Crippen molar-refractivity contribution >= 4 is 11.7 Å². The van der Waals surface area contributed by atoms with Crippen LogP contribution in [-0.2, 0) is 0 Å². The molecular weight excluding hydrogens is 204 g/mol. The van der Waals surface area contributed by atoms with Gasteiger partial charge in [-0.25, -0.2) is 4.98 Å². The number of nitrogens with two attached hydrogens (primary N) is 1. The van der Waals surface area contributed by atoms with E-state index >= 15 is 0 Å².